The van der Waals surface area contributed by atoms with Crippen molar-refractivity contribution >= 4 is 33.6 Å². The largest absolute Gasteiger partial charge is 0.309 e. The number of aromatic nitrogens is 2. The van der Waals surface area contributed by atoms with E-state index in [0.717, 1.165) is 28.1 Å². The molecule has 0 bridgehead atoms. The standard InChI is InChI=1S/C48H30N2S/c1-3-14-31(15-4-1)34-29-41(32-16-5-2-6-17-32)49-42(30-34)33-26-27-46-40(28-33)48(38-21-9-12-25-45(38)51-46)37-20-8-11-24-44(37)50-43-23-10-7-18-35(43)36-19-13-22-39(48)47(36)50/h1-30H. The third-order valence-corrected chi connectivity index (χ3v) is 12.0. The van der Waals surface area contributed by atoms with Crippen LogP contribution in [0, 0.1) is 0 Å². The first-order valence-corrected chi connectivity index (χ1v) is 18.3. The Morgan fingerprint density at radius 1 is 0.412 bits per heavy atom. The number of nitrogens with zero attached hydrogens (tertiary/aromatic N) is 2. The van der Waals surface area contributed by atoms with E-state index in [9.17, 15) is 0 Å². The average molecular weight is 667 g/mol. The molecule has 2 nitrogen and oxygen atoms in total. The average Bonchev–Trinajstić information content (AvgIpc) is 3.55. The first-order valence-electron chi connectivity index (χ1n) is 17.5. The van der Waals surface area contributed by atoms with Gasteiger partial charge in [0.25, 0.3) is 0 Å². The van der Waals surface area contributed by atoms with Crippen LogP contribution in [-0.4, -0.2) is 9.55 Å². The van der Waals surface area contributed by atoms with Gasteiger partial charge in [-0.25, -0.2) is 4.98 Å². The van der Waals surface area contributed by atoms with Gasteiger partial charge in [-0.05, 0) is 75.8 Å². The van der Waals surface area contributed by atoms with Gasteiger partial charge in [-0.1, -0.05) is 151 Å². The molecule has 0 radical (unpaired) electrons. The summed E-state index contributed by atoms with van der Waals surface area (Å²) >= 11 is 1.88. The lowest BCUT2D eigenvalue weighted by molar-refractivity contribution is 0.690. The Labute approximate surface area is 300 Å². The van der Waals surface area contributed by atoms with Gasteiger partial charge in [-0.2, -0.15) is 0 Å². The summed E-state index contributed by atoms with van der Waals surface area (Å²) in [5, 5.41) is 2.57. The first-order chi connectivity index (χ1) is 25.3. The Bertz CT molecular complexity index is 2780. The third-order valence-electron chi connectivity index (χ3n) is 10.8. The number of hydrogen-bond donors (Lipinski definition) is 0. The molecule has 51 heavy (non-hydrogen) atoms. The van der Waals surface area contributed by atoms with Crippen LogP contribution in [0.25, 0.3) is 61.1 Å². The molecular weight excluding hydrogens is 637 g/mol. The number of rotatable bonds is 3. The van der Waals surface area contributed by atoms with Crippen LogP contribution < -0.4 is 0 Å². The molecule has 0 saturated heterocycles. The molecule has 1 unspecified atom stereocenters. The van der Waals surface area contributed by atoms with Crippen LogP contribution in [0.2, 0.25) is 0 Å². The summed E-state index contributed by atoms with van der Waals surface area (Å²) < 4.78 is 2.51. The van der Waals surface area contributed by atoms with E-state index >= 15 is 0 Å². The Kier molecular flexibility index (Phi) is 6.14. The molecule has 2 aliphatic rings. The van der Waals surface area contributed by atoms with Gasteiger partial charge in [-0.3, -0.25) is 0 Å². The molecule has 0 saturated carbocycles. The normalized spacial score (nSPS) is 15.5. The molecule has 0 fully saturated rings. The summed E-state index contributed by atoms with van der Waals surface area (Å²) in [6, 6.07) is 66.6. The van der Waals surface area contributed by atoms with E-state index < -0.39 is 5.41 Å². The van der Waals surface area contributed by atoms with Crippen molar-refractivity contribution in [2.75, 3.05) is 0 Å². The number of para-hydroxylation sites is 3. The van der Waals surface area contributed by atoms with E-state index in [1.807, 2.05) is 11.8 Å². The summed E-state index contributed by atoms with van der Waals surface area (Å²) in [7, 11) is 0. The second-order valence-corrected chi connectivity index (χ2v) is 14.6. The third kappa shape index (κ3) is 4.04. The minimum atomic E-state index is -0.535. The lowest BCUT2D eigenvalue weighted by atomic mass is 9.62. The van der Waals surface area contributed by atoms with Crippen LogP contribution in [0.3, 0.4) is 0 Å². The van der Waals surface area contributed by atoms with Crippen molar-refractivity contribution in [2.24, 2.45) is 0 Å². The fourth-order valence-corrected chi connectivity index (χ4v) is 9.89. The molecular formula is C48H30N2S. The quantitative estimate of drug-likeness (QED) is 0.187. The maximum absolute atomic E-state index is 5.36. The van der Waals surface area contributed by atoms with Crippen LogP contribution in [0.1, 0.15) is 22.3 Å². The maximum Gasteiger partial charge on any atom is 0.0764 e. The Hall–Kier alpha value is -6.16. The number of hydrogen-bond acceptors (Lipinski definition) is 2. The Morgan fingerprint density at radius 2 is 1.04 bits per heavy atom. The van der Waals surface area contributed by atoms with Gasteiger partial charge in [0.2, 0.25) is 0 Å². The minimum Gasteiger partial charge on any atom is -0.309 e. The Morgan fingerprint density at radius 3 is 1.88 bits per heavy atom. The van der Waals surface area contributed by atoms with Crippen molar-refractivity contribution in [3.63, 3.8) is 0 Å². The summed E-state index contributed by atoms with van der Waals surface area (Å²) in [4.78, 5) is 7.93. The monoisotopic (exact) mass is 666 g/mol. The second-order valence-electron chi connectivity index (χ2n) is 13.5. The highest BCUT2D eigenvalue weighted by Crippen LogP contribution is 2.60. The predicted molar refractivity (Wildman–Crippen MR) is 211 cm³/mol. The van der Waals surface area contributed by atoms with Crippen LogP contribution in [0.5, 0.6) is 0 Å². The SMILES string of the molecule is c1ccc(-c2cc(-c3ccccc3)nc(-c3ccc4c(c3)C3(c5ccccc5S4)c4ccccc4-n4c5ccccc5c5cccc3c54)c2)cc1. The molecule has 11 rings (SSSR count). The molecule has 238 valence electrons. The molecule has 2 aromatic heterocycles. The molecule has 1 atom stereocenters. The molecule has 0 aliphatic carbocycles. The van der Waals surface area contributed by atoms with E-state index in [1.165, 1.54) is 65.1 Å². The van der Waals surface area contributed by atoms with Crippen molar-refractivity contribution in [2.45, 2.75) is 15.2 Å². The molecule has 0 amide bonds. The van der Waals surface area contributed by atoms with Gasteiger partial charge < -0.3 is 4.57 Å². The summed E-state index contributed by atoms with van der Waals surface area (Å²) in [5.41, 5.74) is 15.0. The zero-order valence-corrected chi connectivity index (χ0v) is 28.4. The smallest absolute Gasteiger partial charge is 0.0764 e. The van der Waals surface area contributed by atoms with Crippen molar-refractivity contribution in [1.29, 1.82) is 0 Å². The van der Waals surface area contributed by atoms with Gasteiger partial charge in [-0.15, -0.1) is 0 Å². The van der Waals surface area contributed by atoms with Crippen molar-refractivity contribution in [1.82, 2.24) is 9.55 Å². The summed E-state index contributed by atoms with van der Waals surface area (Å²) in [6.45, 7) is 0. The van der Waals surface area contributed by atoms with Crippen molar-refractivity contribution in [3.8, 4) is 39.3 Å². The summed E-state index contributed by atoms with van der Waals surface area (Å²) in [6.07, 6.45) is 0. The lowest BCUT2D eigenvalue weighted by Gasteiger charge is -2.45. The second kappa shape index (κ2) is 10.9. The molecule has 0 N–H and O–H groups in total. The highest BCUT2D eigenvalue weighted by molar-refractivity contribution is 7.99. The molecule has 2 aliphatic heterocycles. The predicted octanol–water partition coefficient (Wildman–Crippen LogP) is 12.3. The zero-order valence-electron chi connectivity index (χ0n) is 27.6. The summed E-state index contributed by atoms with van der Waals surface area (Å²) in [5.74, 6) is 0. The van der Waals surface area contributed by atoms with Gasteiger partial charge in [0.05, 0.1) is 33.5 Å². The molecule has 7 aromatic carbocycles. The van der Waals surface area contributed by atoms with Gasteiger partial charge >= 0.3 is 0 Å². The van der Waals surface area contributed by atoms with E-state index in [2.05, 4.69) is 187 Å². The van der Waals surface area contributed by atoms with Crippen molar-refractivity contribution in [3.05, 3.63) is 204 Å². The van der Waals surface area contributed by atoms with E-state index in [4.69, 9.17) is 4.98 Å². The van der Waals surface area contributed by atoms with E-state index in [0.29, 0.717) is 0 Å². The highest BCUT2D eigenvalue weighted by atomic mass is 32.2. The molecule has 3 heteroatoms. The van der Waals surface area contributed by atoms with Crippen LogP contribution in [-0.2, 0) is 5.41 Å². The fourth-order valence-electron chi connectivity index (χ4n) is 8.72. The maximum atomic E-state index is 5.36. The van der Waals surface area contributed by atoms with Crippen molar-refractivity contribution < 1.29 is 0 Å². The van der Waals surface area contributed by atoms with Crippen LogP contribution >= 0.6 is 11.8 Å². The Balaban J connectivity index is 1.24. The van der Waals surface area contributed by atoms with Crippen LogP contribution in [0.15, 0.2) is 192 Å². The number of pyridine rings is 1. The topological polar surface area (TPSA) is 17.8 Å². The van der Waals surface area contributed by atoms with Gasteiger partial charge in [0.1, 0.15) is 0 Å². The van der Waals surface area contributed by atoms with E-state index in [1.54, 1.807) is 0 Å². The first kappa shape index (κ1) is 28.7. The van der Waals surface area contributed by atoms with Crippen LogP contribution in [0.4, 0.5) is 0 Å². The van der Waals surface area contributed by atoms with Gasteiger partial charge in [0.15, 0.2) is 0 Å². The molecule has 1 spiro atoms. The van der Waals surface area contributed by atoms with E-state index in [-0.39, 0.29) is 0 Å². The fraction of sp³-hybridized carbons (Fsp3) is 0.0208. The number of fused-ring (bicyclic) bond motifs is 11. The molecule has 9 aromatic rings. The number of benzene rings is 7. The lowest BCUT2D eigenvalue weighted by Crippen LogP contribution is -2.37. The zero-order chi connectivity index (χ0) is 33.5. The van der Waals surface area contributed by atoms with Gasteiger partial charge in [0, 0.05) is 31.7 Å². The molecule has 4 heterocycles. The minimum absolute atomic E-state index is 0.535. The highest BCUT2D eigenvalue weighted by Gasteiger charge is 2.49.